The molecule has 56 valence electrons. The second-order valence-corrected chi connectivity index (χ2v) is 3.54. The summed E-state index contributed by atoms with van der Waals surface area (Å²) in [6.07, 6.45) is 0. The molecule has 0 fully saturated rings. The molecule has 0 spiro atoms. The zero-order chi connectivity index (χ0) is 7.84. The Hall–Kier alpha value is -0.780. The van der Waals surface area contributed by atoms with Gasteiger partial charge in [0.25, 0.3) is 0 Å². The van der Waals surface area contributed by atoms with Gasteiger partial charge in [0.2, 0.25) is 0 Å². The van der Waals surface area contributed by atoms with Gasteiger partial charge < -0.3 is 5.73 Å². The van der Waals surface area contributed by atoms with E-state index in [0.29, 0.717) is 5.82 Å². The van der Waals surface area contributed by atoms with Crippen molar-refractivity contribution in [1.82, 2.24) is 10.2 Å². The molecule has 3 nitrogen and oxygen atoms in total. The number of rotatable bonds is 0. The Bertz CT molecular complexity index is 393. The Morgan fingerprint density at radius 1 is 1.45 bits per heavy atom. The van der Waals surface area contributed by atoms with Crippen LogP contribution in [0.1, 0.15) is 0 Å². The van der Waals surface area contributed by atoms with Gasteiger partial charge in [-0.2, -0.15) is 5.10 Å². The van der Waals surface area contributed by atoms with Crippen molar-refractivity contribution in [3.8, 4) is 0 Å². The molecular weight excluding hydrogens is 253 g/mol. The standard InChI is InChI=1S/C7H6IN3/c8-4-1-2-5-6(3-4)10-11-7(5)9/h1-3H,(H3,9,10,11). The quantitative estimate of drug-likeness (QED) is 0.708. The fourth-order valence-corrected chi connectivity index (χ4v) is 1.50. The molecule has 2 rings (SSSR count). The van der Waals surface area contributed by atoms with Crippen molar-refractivity contribution < 1.29 is 0 Å². The number of benzene rings is 1. The number of fused-ring (bicyclic) bond motifs is 1. The van der Waals surface area contributed by atoms with Gasteiger partial charge in [-0.1, -0.05) is 0 Å². The Balaban J connectivity index is 2.86. The number of hydrogen-bond acceptors (Lipinski definition) is 2. The third-order valence-electron chi connectivity index (χ3n) is 1.55. The molecule has 1 heterocycles. The molecule has 1 aromatic heterocycles. The lowest BCUT2D eigenvalue weighted by molar-refractivity contribution is 1.13. The van der Waals surface area contributed by atoms with Crippen molar-refractivity contribution in [2.24, 2.45) is 0 Å². The maximum Gasteiger partial charge on any atom is 0.153 e. The molecule has 0 bridgehead atoms. The molecule has 3 N–H and O–H groups in total. The molecule has 0 radical (unpaired) electrons. The maximum absolute atomic E-state index is 5.58. The van der Waals surface area contributed by atoms with E-state index in [1.165, 1.54) is 3.57 Å². The van der Waals surface area contributed by atoms with E-state index in [2.05, 4.69) is 32.8 Å². The fraction of sp³-hybridized carbons (Fsp3) is 0. The molecule has 0 unspecified atom stereocenters. The number of H-pyrrole nitrogens is 1. The molecule has 0 saturated carbocycles. The normalized spacial score (nSPS) is 10.6. The molecule has 4 heteroatoms. The largest absolute Gasteiger partial charge is 0.382 e. The third kappa shape index (κ3) is 1.07. The first-order valence-electron chi connectivity index (χ1n) is 3.16. The highest BCUT2D eigenvalue weighted by molar-refractivity contribution is 14.1. The monoisotopic (exact) mass is 259 g/mol. The number of nitrogens with one attached hydrogen (secondary N) is 1. The van der Waals surface area contributed by atoms with Gasteiger partial charge in [-0.3, -0.25) is 5.10 Å². The summed E-state index contributed by atoms with van der Waals surface area (Å²) in [7, 11) is 0. The zero-order valence-corrected chi connectivity index (χ0v) is 7.79. The lowest BCUT2D eigenvalue weighted by atomic mass is 10.2. The molecule has 11 heavy (non-hydrogen) atoms. The number of halogens is 1. The minimum Gasteiger partial charge on any atom is -0.382 e. The second kappa shape index (κ2) is 2.37. The van der Waals surface area contributed by atoms with Crippen LogP contribution in [0.15, 0.2) is 18.2 Å². The Morgan fingerprint density at radius 3 is 3.09 bits per heavy atom. The van der Waals surface area contributed by atoms with Gasteiger partial charge in [0.1, 0.15) is 0 Å². The van der Waals surface area contributed by atoms with E-state index in [9.17, 15) is 0 Å². The van der Waals surface area contributed by atoms with Gasteiger partial charge >= 0.3 is 0 Å². The van der Waals surface area contributed by atoms with Gasteiger partial charge in [-0.15, -0.1) is 0 Å². The van der Waals surface area contributed by atoms with Crippen LogP contribution in [0, 0.1) is 3.57 Å². The van der Waals surface area contributed by atoms with Crippen molar-refractivity contribution in [2.45, 2.75) is 0 Å². The SMILES string of the molecule is Nc1n[nH]c2cc(I)ccc12. The van der Waals surface area contributed by atoms with Crippen molar-refractivity contribution in [1.29, 1.82) is 0 Å². The molecule has 0 aliphatic heterocycles. The number of anilines is 1. The van der Waals surface area contributed by atoms with E-state index in [-0.39, 0.29) is 0 Å². The van der Waals surface area contributed by atoms with Crippen LogP contribution < -0.4 is 5.73 Å². The van der Waals surface area contributed by atoms with Crippen molar-refractivity contribution in [3.05, 3.63) is 21.8 Å². The van der Waals surface area contributed by atoms with Crippen LogP contribution in [0.25, 0.3) is 10.9 Å². The van der Waals surface area contributed by atoms with E-state index in [4.69, 9.17) is 5.73 Å². The van der Waals surface area contributed by atoms with Crippen LogP contribution in [0.5, 0.6) is 0 Å². The van der Waals surface area contributed by atoms with Crippen molar-refractivity contribution in [2.75, 3.05) is 5.73 Å². The zero-order valence-electron chi connectivity index (χ0n) is 5.63. The van der Waals surface area contributed by atoms with E-state index in [1.807, 2.05) is 18.2 Å². The molecule has 0 amide bonds. The molecule has 0 saturated heterocycles. The average molecular weight is 259 g/mol. The summed E-state index contributed by atoms with van der Waals surface area (Å²) in [5.74, 6) is 0.566. The maximum atomic E-state index is 5.58. The molecule has 0 aliphatic carbocycles. The highest BCUT2D eigenvalue weighted by Crippen LogP contribution is 2.19. The van der Waals surface area contributed by atoms with Gasteiger partial charge in [0, 0.05) is 8.96 Å². The van der Waals surface area contributed by atoms with E-state index >= 15 is 0 Å². The van der Waals surface area contributed by atoms with E-state index < -0.39 is 0 Å². The highest BCUT2D eigenvalue weighted by atomic mass is 127. The lowest BCUT2D eigenvalue weighted by Crippen LogP contribution is -1.83. The fourth-order valence-electron chi connectivity index (χ4n) is 1.01. The second-order valence-electron chi connectivity index (χ2n) is 2.30. The van der Waals surface area contributed by atoms with Crippen molar-refractivity contribution in [3.63, 3.8) is 0 Å². The number of hydrogen-bond donors (Lipinski definition) is 2. The molecular formula is C7H6IN3. The minimum atomic E-state index is 0.566. The van der Waals surface area contributed by atoms with E-state index in [1.54, 1.807) is 0 Å². The first kappa shape index (κ1) is 6.90. The Kier molecular flexibility index (Phi) is 1.49. The molecule has 0 aliphatic rings. The first-order valence-corrected chi connectivity index (χ1v) is 4.24. The van der Waals surface area contributed by atoms with Crippen LogP contribution in [-0.2, 0) is 0 Å². The van der Waals surface area contributed by atoms with Crippen molar-refractivity contribution >= 4 is 39.3 Å². The van der Waals surface area contributed by atoms with Crippen LogP contribution in [0.2, 0.25) is 0 Å². The summed E-state index contributed by atoms with van der Waals surface area (Å²) >= 11 is 2.25. The number of nitrogens with zero attached hydrogens (tertiary/aromatic N) is 1. The van der Waals surface area contributed by atoms with Gasteiger partial charge in [0.05, 0.1) is 5.52 Å². The van der Waals surface area contributed by atoms with E-state index in [0.717, 1.165) is 10.9 Å². The highest BCUT2D eigenvalue weighted by Gasteiger charge is 2.00. The average Bonchev–Trinajstić information content (AvgIpc) is 2.32. The summed E-state index contributed by atoms with van der Waals surface area (Å²) in [5, 5.41) is 7.73. The number of aromatic nitrogens is 2. The van der Waals surface area contributed by atoms with Crippen LogP contribution >= 0.6 is 22.6 Å². The van der Waals surface area contributed by atoms with Gasteiger partial charge in [-0.25, -0.2) is 0 Å². The summed E-state index contributed by atoms with van der Waals surface area (Å²) in [5.41, 5.74) is 6.58. The first-order chi connectivity index (χ1) is 5.27. The molecule has 2 aromatic rings. The molecule has 0 atom stereocenters. The van der Waals surface area contributed by atoms with Crippen LogP contribution in [0.3, 0.4) is 0 Å². The van der Waals surface area contributed by atoms with Crippen LogP contribution in [0.4, 0.5) is 5.82 Å². The summed E-state index contributed by atoms with van der Waals surface area (Å²) in [6.45, 7) is 0. The van der Waals surface area contributed by atoms with Crippen LogP contribution in [-0.4, -0.2) is 10.2 Å². The number of nitrogen functional groups attached to an aromatic ring is 1. The predicted molar refractivity (Wildman–Crippen MR) is 53.2 cm³/mol. The lowest BCUT2D eigenvalue weighted by Gasteiger charge is -1.89. The summed E-state index contributed by atoms with van der Waals surface area (Å²) in [4.78, 5) is 0. The van der Waals surface area contributed by atoms with Gasteiger partial charge in [-0.05, 0) is 40.8 Å². The number of aromatic amines is 1. The Labute approximate surface area is 77.1 Å². The Morgan fingerprint density at radius 2 is 2.27 bits per heavy atom. The molecule has 1 aromatic carbocycles. The predicted octanol–water partition coefficient (Wildman–Crippen LogP) is 1.75. The summed E-state index contributed by atoms with van der Waals surface area (Å²) in [6, 6.07) is 5.99. The summed E-state index contributed by atoms with van der Waals surface area (Å²) < 4.78 is 1.18. The topological polar surface area (TPSA) is 54.7 Å². The minimum absolute atomic E-state index is 0.566. The smallest absolute Gasteiger partial charge is 0.153 e. The number of nitrogens with two attached hydrogens (primary N) is 1. The third-order valence-corrected chi connectivity index (χ3v) is 2.23. The van der Waals surface area contributed by atoms with Gasteiger partial charge in [0.15, 0.2) is 5.82 Å².